The summed E-state index contributed by atoms with van der Waals surface area (Å²) < 4.78 is 1.97. The standard InChI is InChI=1S/C20H28N4O/c1-14(24-17(4)15(2)16(3)22-24)13-20(25)21-10-12-23-11-9-18-7-5-6-8-19(18)23/h5-8,14H,9-13H2,1-4H3,(H,21,25)/t14-/m1/s1. The van der Waals surface area contributed by atoms with Gasteiger partial charge in [0.2, 0.25) is 5.91 Å². The number of nitrogens with zero attached hydrogens (tertiary/aromatic N) is 3. The second kappa shape index (κ2) is 7.30. The number of para-hydroxylation sites is 1. The Kier molecular flexibility index (Phi) is 5.11. The van der Waals surface area contributed by atoms with Crippen LogP contribution in [-0.4, -0.2) is 35.3 Å². The van der Waals surface area contributed by atoms with Crippen LogP contribution in [-0.2, 0) is 11.2 Å². The number of fused-ring (bicyclic) bond motifs is 1. The molecule has 1 aliphatic heterocycles. The molecular formula is C20H28N4O. The van der Waals surface area contributed by atoms with Crippen LogP contribution in [0.5, 0.6) is 0 Å². The minimum Gasteiger partial charge on any atom is -0.369 e. The lowest BCUT2D eigenvalue weighted by atomic mass is 10.2. The van der Waals surface area contributed by atoms with Gasteiger partial charge in [0.15, 0.2) is 0 Å². The maximum atomic E-state index is 12.3. The number of hydrogen-bond donors (Lipinski definition) is 1. The maximum absolute atomic E-state index is 12.3. The van der Waals surface area contributed by atoms with Crippen LogP contribution in [0.3, 0.4) is 0 Å². The van der Waals surface area contributed by atoms with Crippen molar-refractivity contribution in [3.05, 3.63) is 46.8 Å². The maximum Gasteiger partial charge on any atom is 0.222 e. The van der Waals surface area contributed by atoms with Gasteiger partial charge in [-0.2, -0.15) is 5.10 Å². The third kappa shape index (κ3) is 3.70. The summed E-state index contributed by atoms with van der Waals surface area (Å²) in [6.45, 7) is 10.8. The van der Waals surface area contributed by atoms with Gasteiger partial charge in [0.05, 0.1) is 11.7 Å². The number of carbonyl (C=O) groups excluding carboxylic acids is 1. The molecule has 1 amide bonds. The SMILES string of the molecule is Cc1nn([C@H](C)CC(=O)NCCN2CCc3ccccc32)c(C)c1C. The van der Waals surface area contributed by atoms with Gasteiger partial charge in [0.25, 0.3) is 0 Å². The van der Waals surface area contributed by atoms with E-state index in [4.69, 9.17) is 0 Å². The molecule has 0 aliphatic carbocycles. The van der Waals surface area contributed by atoms with E-state index in [-0.39, 0.29) is 11.9 Å². The summed E-state index contributed by atoms with van der Waals surface area (Å²) in [5.41, 5.74) is 6.11. The van der Waals surface area contributed by atoms with Crippen LogP contribution in [0.25, 0.3) is 0 Å². The molecule has 134 valence electrons. The Hall–Kier alpha value is -2.30. The third-order valence-electron chi connectivity index (χ3n) is 5.27. The zero-order valence-corrected chi connectivity index (χ0v) is 15.7. The quantitative estimate of drug-likeness (QED) is 0.880. The molecule has 0 saturated heterocycles. The lowest BCUT2D eigenvalue weighted by Gasteiger charge is -2.20. The van der Waals surface area contributed by atoms with Gasteiger partial charge >= 0.3 is 0 Å². The van der Waals surface area contributed by atoms with Gasteiger partial charge in [-0.25, -0.2) is 0 Å². The summed E-state index contributed by atoms with van der Waals surface area (Å²) >= 11 is 0. The van der Waals surface area contributed by atoms with E-state index in [2.05, 4.69) is 60.4 Å². The van der Waals surface area contributed by atoms with Gasteiger partial charge in [-0.05, 0) is 51.3 Å². The summed E-state index contributed by atoms with van der Waals surface area (Å²) in [6, 6.07) is 8.59. The zero-order valence-electron chi connectivity index (χ0n) is 15.7. The van der Waals surface area contributed by atoms with Crippen molar-refractivity contribution >= 4 is 11.6 Å². The van der Waals surface area contributed by atoms with Crippen LogP contribution in [0, 0.1) is 20.8 Å². The largest absolute Gasteiger partial charge is 0.369 e. The van der Waals surface area contributed by atoms with Crippen molar-refractivity contribution in [1.29, 1.82) is 0 Å². The Bertz CT molecular complexity index is 765. The van der Waals surface area contributed by atoms with Crippen molar-refractivity contribution in [2.24, 2.45) is 0 Å². The van der Waals surface area contributed by atoms with Gasteiger partial charge in [0.1, 0.15) is 0 Å². The lowest BCUT2D eigenvalue weighted by Crippen LogP contribution is -2.35. The van der Waals surface area contributed by atoms with E-state index in [0.717, 1.165) is 30.9 Å². The fourth-order valence-corrected chi connectivity index (χ4v) is 3.57. The van der Waals surface area contributed by atoms with Gasteiger partial charge < -0.3 is 10.2 Å². The van der Waals surface area contributed by atoms with E-state index in [1.165, 1.54) is 16.8 Å². The first-order chi connectivity index (χ1) is 12.0. The lowest BCUT2D eigenvalue weighted by molar-refractivity contribution is -0.121. The average Bonchev–Trinajstić information content (AvgIpc) is 3.11. The molecule has 0 radical (unpaired) electrons. The van der Waals surface area contributed by atoms with Crippen molar-refractivity contribution in [2.45, 2.75) is 46.6 Å². The Labute approximate surface area is 150 Å². The van der Waals surface area contributed by atoms with Gasteiger partial charge in [-0.1, -0.05) is 18.2 Å². The van der Waals surface area contributed by atoms with Gasteiger partial charge in [-0.3, -0.25) is 9.48 Å². The highest BCUT2D eigenvalue weighted by molar-refractivity contribution is 5.76. The fourth-order valence-electron chi connectivity index (χ4n) is 3.57. The van der Waals surface area contributed by atoms with E-state index in [1.807, 2.05) is 11.6 Å². The van der Waals surface area contributed by atoms with E-state index >= 15 is 0 Å². The first kappa shape index (κ1) is 17.5. The molecule has 1 aromatic heterocycles. The Morgan fingerprint density at radius 3 is 2.76 bits per heavy atom. The molecule has 0 saturated carbocycles. The number of aryl methyl sites for hydroxylation is 1. The van der Waals surface area contributed by atoms with E-state index in [1.54, 1.807) is 0 Å². The highest BCUT2D eigenvalue weighted by Crippen LogP contribution is 2.26. The minimum absolute atomic E-state index is 0.0694. The number of amides is 1. The topological polar surface area (TPSA) is 50.2 Å². The molecule has 1 N–H and O–H groups in total. The number of nitrogens with one attached hydrogen (secondary N) is 1. The van der Waals surface area contributed by atoms with Crippen LogP contribution >= 0.6 is 0 Å². The van der Waals surface area contributed by atoms with Crippen LogP contribution < -0.4 is 10.2 Å². The third-order valence-corrected chi connectivity index (χ3v) is 5.27. The van der Waals surface area contributed by atoms with Crippen molar-refractivity contribution < 1.29 is 4.79 Å². The van der Waals surface area contributed by atoms with E-state index in [0.29, 0.717) is 13.0 Å². The molecule has 5 heteroatoms. The number of anilines is 1. The molecular weight excluding hydrogens is 312 g/mol. The molecule has 3 rings (SSSR count). The van der Waals surface area contributed by atoms with E-state index < -0.39 is 0 Å². The monoisotopic (exact) mass is 340 g/mol. The number of rotatable bonds is 6. The summed E-state index contributed by atoms with van der Waals surface area (Å²) in [6.07, 6.45) is 1.55. The fraction of sp³-hybridized carbons (Fsp3) is 0.500. The number of aromatic nitrogens is 2. The first-order valence-corrected chi connectivity index (χ1v) is 9.09. The Morgan fingerprint density at radius 2 is 2.04 bits per heavy atom. The normalized spacial score (nSPS) is 14.5. The minimum atomic E-state index is 0.0694. The number of hydrogen-bond acceptors (Lipinski definition) is 3. The first-order valence-electron chi connectivity index (χ1n) is 9.09. The van der Waals surface area contributed by atoms with Crippen LogP contribution in [0.1, 0.15) is 41.9 Å². The van der Waals surface area contributed by atoms with Crippen molar-refractivity contribution in [3.8, 4) is 0 Å². The van der Waals surface area contributed by atoms with Crippen molar-refractivity contribution in [1.82, 2.24) is 15.1 Å². The molecule has 0 spiro atoms. The van der Waals surface area contributed by atoms with Crippen LogP contribution in [0.2, 0.25) is 0 Å². The molecule has 2 heterocycles. The second-order valence-electron chi connectivity index (χ2n) is 7.01. The second-order valence-corrected chi connectivity index (χ2v) is 7.01. The Balaban J connectivity index is 1.48. The number of benzene rings is 1. The average molecular weight is 340 g/mol. The van der Waals surface area contributed by atoms with Crippen LogP contribution in [0.15, 0.2) is 24.3 Å². The van der Waals surface area contributed by atoms with Crippen LogP contribution in [0.4, 0.5) is 5.69 Å². The molecule has 0 fully saturated rings. The molecule has 0 unspecified atom stereocenters. The van der Waals surface area contributed by atoms with Gasteiger partial charge in [-0.15, -0.1) is 0 Å². The van der Waals surface area contributed by atoms with Crippen molar-refractivity contribution in [2.75, 3.05) is 24.5 Å². The summed E-state index contributed by atoms with van der Waals surface area (Å²) in [5.74, 6) is 0.0881. The summed E-state index contributed by atoms with van der Waals surface area (Å²) in [7, 11) is 0. The highest BCUT2D eigenvalue weighted by Gasteiger charge is 2.19. The number of carbonyl (C=O) groups is 1. The highest BCUT2D eigenvalue weighted by atomic mass is 16.1. The molecule has 1 aromatic carbocycles. The molecule has 25 heavy (non-hydrogen) atoms. The molecule has 1 aliphatic rings. The Morgan fingerprint density at radius 1 is 1.28 bits per heavy atom. The predicted octanol–water partition coefficient (Wildman–Crippen LogP) is 2.94. The zero-order chi connectivity index (χ0) is 18.0. The van der Waals surface area contributed by atoms with Gasteiger partial charge in [0, 0.05) is 37.4 Å². The summed E-state index contributed by atoms with van der Waals surface area (Å²) in [4.78, 5) is 14.6. The van der Waals surface area contributed by atoms with E-state index in [9.17, 15) is 4.79 Å². The molecule has 0 bridgehead atoms. The molecule has 5 nitrogen and oxygen atoms in total. The summed E-state index contributed by atoms with van der Waals surface area (Å²) in [5, 5.41) is 7.62. The molecule has 1 atom stereocenters. The van der Waals surface area contributed by atoms with Crippen molar-refractivity contribution in [3.63, 3.8) is 0 Å². The molecule has 2 aromatic rings. The predicted molar refractivity (Wildman–Crippen MR) is 101 cm³/mol. The smallest absolute Gasteiger partial charge is 0.222 e.